The first-order chi connectivity index (χ1) is 8.18. The van der Waals surface area contributed by atoms with Gasteiger partial charge in [0.1, 0.15) is 19.8 Å². The van der Waals surface area contributed by atoms with E-state index in [4.69, 9.17) is 19.3 Å². The molecule has 0 unspecified atom stereocenters. The molecule has 0 spiro atoms. The van der Waals surface area contributed by atoms with Gasteiger partial charge in [0.2, 0.25) is 0 Å². The quantitative estimate of drug-likeness (QED) is 0.200. The summed E-state index contributed by atoms with van der Waals surface area (Å²) in [5.41, 5.74) is 0. The fourth-order valence-electron chi connectivity index (χ4n) is 0.412. The van der Waals surface area contributed by atoms with Crippen LogP contribution in [0.5, 0.6) is 0 Å². The molecule has 0 atom stereocenters. The zero-order valence-electron chi connectivity index (χ0n) is 8.66. The highest BCUT2D eigenvalue weighted by Crippen LogP contribution is 2.49. The van der Waals surface area contributed by atoms with Crippen LogP contribution >= 0.6 is 7.82 Å². The molecule has 0 N–H and O–H groups in total. The summed E-state index contributed by atoms with van der Waals surface area (Å²) in [5.74, 6) is 6.15. The molecule has 0 radical (unpaired) electrons. The minimum absolute atomic E-state index is 0.291. The van der Waals surface area contributed by atoms with Crippen molar-refractivity contribution in [1.82, 2.24) is 0 Å². The van der Waals surface area contributed by atoms with E-state index >= 15 is 0 Å². The van der Waals surface area contributed by atoms with E-state index < -0.39 is 7.82 Å². The predicted molar refractivity (Wildman–Crippen MR) is 55.2 cm³/mol. The van der Waals surface area contributed by atoms with E-state index in [0.717, 1.165) is 0 Å². The number of rotatable bonds is 9. The minimum Gasteiger partial charge on any atom is -0.220 e. The number of phosphoric acid groups is 1. The molecule has 0 aromatic carbocycles. The largest absolute Gasteiger partial charge is 0.556 e. The van der Waals surface area contributed by atoms with Gasteiger partial charge in [0.25, 0.3) is 0 Å². The molecule has 0 aliphatic rings. The molecule has 0 bridgehead atoms. The van der Waals surface area contributed by atoms with Crippen LogP contribution in [0.4, 0.5) is 0 Å². The lowest BCUT2D eigenvalue weighted by molar-refractivity contribution is -0.315. The zero-order chi connectivity index (χ0) is 13.0. The normalized spacial score (nSPS) is 10.2. The Labute approximate surface area is 98.7 Å². The average molecular weight is 260 g/mol. The Morgan fingerprint density at radius 3 is 1.29 bits per heavy atom. The van der Waals surface area contributed by atoms with E-state index in [2.05, 4.69) is 28.7 Å². The lowest BCUT2D eigenvalue weighted by Gasteiger charge is -2.12. The third kappa shape index (κ3) is 8.47. The van der Waals surface area contributed by atoms with Crippen LogP contribution in [0.2, 0.25) is 0 Å². The maximum atomic E-state index is 11.6. The molecule has 0 rings (SSSR count). The Morgan fingerprint density at radius 1 is 0.765 bits per heavy atom. The lowest BCUT2D eigenvalue weighted by atomic mass is 10.8. The van der Waals surface area contributed by atoms with Gasteiger partial charge < -0.3 is 0 Å². The van der Waals surface area contributed by atoms with Crippen LogP contribution in [0.15, 0.2) is 0 Å². The van der Waals surface area contributed by atoms with Gasteiger partial charge in [-0.1, -0.05) is 17.8 Å². The van der Waals surface area contributed by atoms with E-state index in [1.54, 1.807) is 0 Å². The third-order valence-corrected chi connectivity index (χ3v) is 1.72. The van der Waals surface area contributed by atoms with E-state index in [0.29, 0.717) is 0 Å². The molecule has 0 saturated heterocycles. The molecule has 0 aromatic rings. The van der Waals surface area contributed by atoms with Crippen LogP contribution < -0.4 is 0 Å². The predicted octanol–water partition coefficient (Wildman–Crippen LogP) is 0.839. The minimum atomic E-state index is -4.26. The first-order valence-corrected chi connectivity index (χ1v) is 5.48. The Hall–Kier alpha value is -1.33. The second kappa shape index (κ2) is 9.86. The topological polar surface area (TPSA) is 72.5 Å². The van der Waals surface area contributed by atoms with E-state index in [9.17, 15) is 4.57 Å². The van der Waals surface area contributed by atoms with Gasteiger partial charge in [-0.2, -0.15) is 0 Å². The summed E-state index contributed by atoms with van der Waals surface area (Å²) in [6.45, 7) is -0.872. The summed E-state index contributed by atoms with van der Waals surface area (Å²) in [6, 6.07) is 0. The lowest BCUT2D eigenvalue weighted by Crippen LogP contribution is -2.04. The SMILES string of the molecule is C#CCOOP(=O)(OOCC#C)OOCC#C. The summed E-state index contributed by atoms with van der Waals surface area (Å²) >= 11 is 0. The number of hydrogen-bond acceptors (Lipinski definition) is 7. The Balaban J connectivity index is 4.16. The van der Waals surface area contributed by atoms with Gasteiger partial charge in [0, 0.05) is 0 Å². The summed E-state index contributed by atoms with van der Waals surface area (Å²) in [7, 11) is -4.26. The van der Waals surface area contributed by atoms with Crippen molar-refractivity contribution >= 4 is 7.82 Å². The second-order valence-electron chi connectivity index (χ2n) is 2.07. The number of terminal acetylenes is 3. The highest BCUT2D eigenvalue weighted by molar-refractivity contribution is 7.48. The fraction of sp³-hybridized carbons (Fsp3) is 0.333. The van der Waals surface area contributed by atoms with Crippen molar-refractivity contribution < 1.29 is 33.3 Å². The van der Waals surface area contributed by atoms with Crippen LogP contribution in [0.3, 0.4) is 0 Å². The second-order valence-corrected chi connectivity index (χ2v) is 3.41. The Kier molecular flexibility index (Phi) is 9.09. The van der Waals surface area contributed by atoms with Crippen LogP contribution in [-0.2, 0) is 33.3 Å². The van der Waals surface area contributed by atoms with E-state index in [1.807, 2.05) is 17.8 Å². The molecule has 8 heteroatoms. The monoisotopic (exact) mass is 260 g/mol. The summed E-state index contributed by atoms with van der Waals surface area (Å²) in [5, 5.41) is 0. The third-order valence-electron chi connectivity index (χ3n) is 0.859. The van der Waals surface area contributed by atoms with Crippen LogP contribution in [-0.4, -0.2) is 19.8 Å². The van der Waals surface area contributed by atoms with E-state index in [-0.39, 0.29) is 19.8 Å². The van der Waals surface area contributed by atoms with Crippen molar-refractivity contribution in [3.8, 4) is 37.0 Å². The van der Waals surface area contributed by atoms with Crippen molar-refractivity contribution in [3.05, 3.63) is 0 Å². The van der Waals surface area contributed by atoms with Gasteiger partial charge in [-0.05, 0) is 0 Å². The fourth-order valence-corrected chi connectivity index (χ4v) is 1.03. The maximum absolute atomic E-state index is 11.6. The van der Waals surface area contributed by atoms with Gasteiger partial charge in [-0.25, -0.2) is 19.2 Å². The summed E-state index contributed by atoms with van der Waals surface area (Å²) in [4.78, 5) is 12.9. The van der Waals surface area contributed by atoms with Crippen LogP contribution in [0.1, 0.15) is 0 Å². The molecule has 0 aliphatic heterocycles. The van der Waals surface area contributed by atoms with Crippen LogP contribution in [0.25, 0.3) is 0 Å². The highest BCUT2D eigenvalue weighted by Gasteiger charge is 2.32. The molecule has 7 nitrogen and oxygen atoms in total. The molecule has 0 fully saturated rings. The maximum Gasteiger partial charge on any atom is 0.556 e. The van der Waals surface area contributed by atoms with Crippen LogP contribution in [0, 0.1) is 37.0 Å². The molecular formula is C9H9O7P. The van der Waals surface area contributed by atoms with Crippen molar-refractivity contribution in [2.24, 2.45) is 0 Å². The van der Waals surface area contributed by atoms with Crippen molar-refractivity contribution in [2.75, 3.05) is 19.8 Å². The molecule has 0 amide bonds. The Morgan fingerprint density at radius 2 is 1.06 bits per heavy atom. The summed E-state index contributed by atoms with van der Waals surface area (Å²) < 4.78 is 24.3. The standard InChI is InChI=1S/C9H9O7P/c1-4-7-11-14-17(10,15-12-8-5-2)16-13-9-6-3/h1-3H,7-9H2. The summed E-state index contributed by atoms with van der Waals surface area (Å²) in [6.07, 6.45) is 14.6. The highest BCUT2D eigenvalue weighted by atomic mass is 31.2. The first-order valence-electron chi connectivity index (χ1n) is 4.02. The average Bonchev–Trinajstić information content (AvgIpc) is 2.30. The van der Waals surface area contributed by atoms with Gasteiger partial charge in [-0.3, -0.25) is 0 Å². The smallest absolute Gasteiger partial charge is 0.220 e. The molecule has 17 heavy (non-hydrogen) atoms. The molecule has 0 aliphatic carbocycles. The Bertz CT molecular complexity index is 315. The van der Waals surface area contributed by atoms with E-state index in [1.165, 1.54) is 0 Å². The molecule has 0 aromatic heterocycles. The molecule has 0 saturated carbocycles. The van der Waals surface area contributed by atoms with Gasteiger partial charge in [0.15, 0.2) is 0 Å². The van der Waals surface area contributed by atoms with Crippen molar-refractivity contribution in [1.29, 1.82) is 0 Å². The van der Waals surface area contributed by atoms with Crippen molar-refractivity contribution in [3.63, 3.8) is 0 Å². The van der Waals surface area contributed by atoms with Gasteiger partial charge >= 0.3 is 7.82 Å². The molecule has 92 valence electrons. The van der Waals surface area contributed by atoms with Gasteiger partial charge in [0.05, 0.1) is 0 Å². The number of hydrogen-bond donors (Lipinski definition) is 0. The molecular weight excluding hydrogens is 251 g/mol. The molecule has 0 heterocycles. The van der Waals surface area contributed by atoms with Crippen molar-refractivity contribution in [2.45, 2.75) is 0 Å². The first kappa shape index (κ1) is 15.7. The zero-order valence-corrected chi connectivity index (χ0v) is 9.55. The van der Waals surface area contributed by atoms with Gasteiger partial charge in [-0.15, -0.1) is 33.3 Å².